The summed E-state index contributed by atoms with van der Waals surface area (Å²) >= 11 is 0. The predicted octanol–water partition coefficient (Wildman–Crippen LogP) is 13.9. The molecule has 0 bridgehead atoms. The monoisotopic (exact) mass is 828 g/mol. The molecule has 3 N–H and O–H groups in total. The van der Waals surface area contributed by atoms with Crippen molar-refractivity contribution in [2.75, 3.05) is 26.4 Å². The van der Waals surface area contributed by atoms with E-state index in [1.165, 1.54) is 148 Å². The molecule has 0 aromatic rings. The second-order valence-corrected chi connectivity index (χ2v) is 17.4. The maximum atomic E-state index is 12.6. The topological polar surface area (TPSA) is 134 Å². The summed E-state index contributed by atoms with van der Waals surface area (Å²) in [4.78, 5) is 35.0. The van der Waals surface area contributed by atoms with Gasteiger partial charge in [-0.05, 0) is 64.2 Å². The van der Waals surface area contributed by atoms with Crippen molar-refractivity contribution >= 4 is 19.8 Å². The van der Waals surface area contributed by atoms with Gasteiger partial charge in [-0.1, -0.05) is 179 Å². The number of phosphoric ester groups is 1. The Morgan fingerprint density at radius 3 is 1.25 bits per heavy atom. The van der Waals surface area contributed by atoms with Gasteiger partial charge in [0.1, 0.15) is 6.61 Å². The number of rotatable bonds is 45. The van der Waals surface area contributed by atoms with Crippen LogP contribution in [0.2, 0.25) is 0 Å². The van der Waals surface area contributed by atoms with Crippen LogP contribution in [0.5, 0.6) is 0 Å². The van der Waals surface area contributed by atoms with E-state index in [9.17, 15) is 19.0 Å². The molecule has 0 spiro atoms. The highest BCUT2D eigenvalue weighted by atomic mass is 31.2. The van der Waals surface area contributed by atoms with Crippen LogP contribution in [0.15, 0.2) is 24.3 Å². The highest BCUT2D eigenvalue weighted by Gasteiger charge is 2.26. The second-order valence-electron chi connectivity index (χ2n) is 16.0. The number of esters is 2. The molecule has 0 amide bonds. The smallest absolute Gasteiger partial charge is 0.462 e. The fourth-order valence-electron chi connectivity index (χ4n) is 6.74. The minimum Gasteiger partial charge on any atom is -0.462 e. The third kappa shape index (κ3) is 43.9. The molecular formula is C47H90NO8P. The molecule has 2 atom stereocenters. The van der Waals surface area contributed by atoms with Crippen molar-refractivity contribution in [1.29, 1.82) is 0 Å². The van der Waals surface area contributed by atoms with E-state index in [-0.39, 0.29) is 38.6 Å². The summed E-state index contributed by atoms with van der Waals surface area (Å²) < 4.78 is 32.9. The lowest BCUT2D eigenvalue weighted by Gasteiger charge is -2.19. The molecule has 2 unspecified atom stereocenters. The first-order valence-corrected chi connectivity index (χ1v) is 25.3. The minimum absolute atomic E-state index is 0.0538. The number of nitrogens with two attached hydrogens (primary N) is 1. The van der Waals surface area contributed by atoms with Gasteiger partial charge in [-0.25, -0.2) is 4.57 Å². The Kier molecular flexibility index (Phi) is 42.9. The van der Waals surface area contributed by atoms with Crippen LogP contribution in [0.25, 0.3) is 0 Å². The second kappa shape index (κ2) is 44.1. The fourth-order valence-corrected chi connectivity index (χ4v) is 7.51. The average Bonchev–Trinajstić information content (AvgIpc) is 3.20. The molecule has 0 saturated carbocycles. The summed E-state index contributed by atoms with van der Waals surface area (Å²) in [6.07, 6.45) is 47.8. The van der Waals surface area contributed by atoms with Crippen molar-refractivity contribution in [3.63, 3.8) is 0 Å². The zero-order chi connectivity index (χ0) is 41.8. The molecule has 0 saturated heterocycles. The number of ether oxygens (including phenoxy) is 2. The maximum absolute atomic E-state index is 12.6. The van der Waals surface area contributed by atoms with Gasteiger partial charge in [0, 0.05) is 19.4 Å². The molecule has 0 heterocycles. The van der Waals surface area contributed by atoms with Crippen LogP contribution in [-0.2, 0) is 32.7 Å². The van der Waals surface area contributed by atoms with Crippen LogP contribution in [0.3, 0.4) is 0 Å². The van der Waals surface area contributed by atoms with E-state index in [1.54, 1.807) is 0 Å². The van der Waals surface area contributed by atoms with Crippen molar-refractivity contribution < 1.29 is 37.6 Å². The van der Waals surface area contributed by atoms with Gasteiger partial charge in [0.05, 0.1) is 13.2 Å². The van der Waals surface area contributed by atoms with Crippen LogP contribution in [0.4, 0.5) is 0 Å². The molecule has 57 heavy (non-hydrogen) atoms. The lowest BCUT2D eigenvalue weighted by molar-refractivity contribution is -0.161. The third-order valence-electron chi connectivity index (χ3n) is 10.3. The Morgan fingerprint density at radius 2 is 0.860 bits per heavy atom. The van der Waals surface area contributed by atoms with Gasteiger partial charge in [0.25, 0.3) is 0 Å². The largest absolute Gasteiger partial charge is 0.472 e. The summed E-state index contributed by atoms with van der Waals surface area (Å²) in [5, 5.41) is 0. The zero-order valence-electron chi connectivity index (χ0n) is 37.1. The zero-order valence-corrected chi connectivity index (χ0v) is 38.0. The first-order valence-electron chi connectivity index (χ1n) is 23.8. The summed E-state index contributed by atoms with van der Waals surface area (Å²) in [5.74, 6) is -0.827. The summed E-state index contributed by atoms with van der Waals surface area (Å²) in [6, 6.07) is 0. The van der Waals surface area contributed by atoms with E-state index < -0.39 is 26.5 Å². The molecule has 0 aliphatic heterocycles. The van der Waals surface area contributed by atoms with E-state index in [2.05, 4.69) is 38.2 Å². The molecule has 336 valence electrons. The normalized spacial score (nSPS) is 13.4. The Hall–Kier alpha value is -1.51. The predicted molar refractivity (Wildman–Crippen MR) is 238 cm³/mol. The number of hydrogen-bond acceptors (Lipinski definition) is 8. The van der Waals surface area contributed by atoms with Crippen molar-refractivity contribution in [1.82, 2.24) is 0 Å². The molecular weight excluding hydrogens is 737 g/mol. The standard InChI is InChI=1S/C47H90NO8P/c1-3-5-7-9-11-13-15-17-19-21-22-24-26-28-30-32-34-36-38-40-47(50)56-45(44-55-57(51,52)54-42-41-48)43-53-46(49)39-37-35-33-31-29-27-25-23-20-18-16-14-12-10-8-6-4-2/h17-20,45H,3-16,21-44,48H2,1-2H3,(H,51,52)/b19-17-,20-18-. The van der Waals surface area contributed by atoms with E-state index in [1.807, 2.05) is 0 Å². The molecule has 0 fully saturated rings. The highest BCUT2D eigenvalue weighted by Crippen LogP contribution is 2.43. The number of carbonyl (C=O) groups excluding carboxylic acids is 2. The van der Waals surface area contributed by atoms with Crippen LogP contribution in [0, 0.1) is 0 Å². The van der Waals surface area contributed by atoms with Gasteiger partial charge in [0.2, 0.25) is 0 Å². The van der Waals surface area contributed by atoms with Gasteiger partial charge in [-0.2, -0.15) is 0 Å². The van der Waals surface area contributed by atoms with Gasteiger partial charge >= 0.3 is 19.8 Å². The molecule has 0 rings (SSSR count). The van der Waals surface area contributed by atoms with E-state index in [4.69, 9.17) is 24.3 Å². The van der Waals surface area contributed by atoms with Crippen molar-refractivity contribution in [2.45, 2.75) is 238 Å². The first-order chi connectivity index (χ1) is 27.8. The van der Waals surface area contributed by atoms with Crippen LogP contribution in [0.1, 0.15) is 232 Å². The van der Waals surface area contributed by atoms with Crippen LogP contribution < -0.4 is 5.73 Å². The summed E-state index contributed by atoms with van der Waals surface area (Å²) in [7, 11) is -4.38. The van der Waals surface area contributed by atoms with E-state index in [0.717, 1.165) is 51.4 Å². The molecule has 0 aliphatic carbocycles. The van der Waals surface area contributed by atoms with Gasteiger partial charge in [-0.15, -0.1) is 0 Å². The third-order valence-corrected chi connectivity index (χ3v) is 11.3. The Labute approximate surface area is 351 Å². The fraction of sp³-hybridized carbons (Fsp3) is 0.872. The summed E-state index contributed by atoms with van der Waals surface area (Å²) in [6.45, 7) is 3.75. The van der Waals surface area contributed by atoms with Gasteiger partial charge < -0.3 is 20.1 Å². The Balaban J connectivity index is 4.09. The van der Waals surface area contributed by atoms with Crippen LogP contribution >= 0.6 is 7.82 Å². The highest BCUT2D eigenvalue weighted by molar-refractivity contribution is 7.47. The van der Waals surface area contributed by atoms with Crippen molar-refractivity contribution in [3.05, 3.63) is 24.3 Å². The lowest BCUT2D eigenvalue weighted by atomic mass is 10.1. The van der Waals surface area contributed by atoms with Gasteiger partial charge in [0.15, 0.2) is 6.10 Å². The average molecular weight is 828 g/mol. The van der Waals surface area contributed by atoms with Crippen molar-refractivity contribution in [3.8, 4) is 0 Å². The molecule has 0 aromatic carbocycles. The van der Waals surface area contributed by atoms with Gasteiger partial charge in [-0.3, -0.25) is 18.6 Å². The molecule has 10 heteroatoms. The molecule has 9 nitrogen and oxygen atoms in total. The van der Waals surface area contributed by atoms with Crippen LogP contribution in [-0.4, -0.2) is 49.3 Å². The Bertz CT molecular complexity index is 990. The van der Waals surface area contributed by atoms with E-state index in [0.29, 0.717) is 6.42 Å². The number of hydrogen-bond donors (Lipinski definition) is 2. The number of unbranched alkanes of at least 4 members (excludes halogenated alkanes) is 28. The first kappa shape index (κ1) is 55.5. The van der Waals surface area contributed by atoms with Crippen molar-refractivity contribution in [2.24, 2.45) is 5.73 Å². The number of phosphoric acid groups is 1. The van der Waals surface area contributed by atoms with E-state index >= 15 is 0 Å². The number of allylic oxidation sites excluding steroid dienone is 4. The SMILES string of the molecule is CCCCCCCC/C=C\CCCCCCCCCCCC(=O)OC(COC(=O)CCCCCCCCC/C=C\CCCCCCCC)COP(=O)(O)OCCN. The molecule has 0 radical (unpaired) electrons. The summed E-state index contributed by atoms with van der Waals surface area (Å²) in [5.41, 5.74) is 5.36. The maximum Gasteiger partial charge on any atom is 0.472 e. The quantitative estimate of drug-likeness (QED) is 0.0266. The number of carbonyl (C=O) groups is 2. The minimum atomic E-state index is -4.38. The lowest BCUT2D eigenvalue weighted by Crippen LogP contribution is -2.29. The molecule has 0 aromatic heterocycles. The Morgan fingerprint density at radius 1 is 0.509 bits per heavy atom. The molecule has 0 aliphatic rings.